The van der Waals surface area contributed by atoms with Crippen molar-refractivity contribution in [2.24, 2.45) is 0 Å². The van der Waals surface area contributed by atoms with Crippen LogP contribution in [0.3, 0.4) is 0 Å². The molecule has 0 unspecified atom stereocenters. The summed E-state index contributed by atoms with van der Waals surface area (Å²) in [5.41, 5.74) is 0.890. The molecule has 0 aliphatic heterocycles. The van der Waals surface area contributed by atoms with Gasteiger partial charge in [0.15, 0.2) is 10.9 Å². The lowest BCUT2D eigenvalue weighted by Gasteiger charge is -2.21. The van der Waals surface area contributed by atoms with Gasteiger partial charge in [0.05, 0.1) is 11.8 Å². The normalized spacial score (nSPS) is 15.9. The molecule has 2 aromatic rings. The summed E-state index contributed by atoms with van der Waals surface area (Å²) in [5.74, 6) is 0.694. The molecule has 0 aromatic carbocycles. The number of carbonyl (C=O) groups excluding carboxylic acids is 1. The number of aromatic nitrogens is 1. The number of amides is 1. The van der Waals surface area contributed by atoms with Crippen LogP contribution in [-0.2, 0) is 11.3 Å². The molecule has 2 aromatic heterocycles. The Balaban J connectivity index is 1.52. The van der Waals surface area contributed by atoms with Gasteiger partial charge < -0.3 is 9.15 Å². The van der Waals surface area contributed by atoms with Crippen LogP contribution in [0.4, 0.5) is 5.13 Å². The van der Waals surface area contributed by atoms with Crippen LogP contribution in [0.5, 0.6) is 0 Å². The topological polar surface area (TPSA) is 64.4 Å². The Labute approximate surface area is 133 Å². The zero-order valence-electron chi connectivity index (χ0n) is 12.6. The average Bonchev–Trinajstić information content (AvgIpc) is 3.15. The molecule has 118 valence electrons. The third-order valence-corrected chi connectivity index (χ3v) is 4.61. The highest BCUT2D eigenvalue weighted by molar-refractivity contribution is 7.13. The number of rotatable bonds is 5. The number of carbonyl (C=O) groups is 1. The van der Waals surface area contributed by atoms with Crippen LogP contribution in [0.2, 0.25) is 0 Å². The molecule has 1 fully saturated rings. The number of nitrogens with zero attached hydrogens (tertiary/aromatic N) is 1. The van der Waals surface area contributed by atoms with E-state index in [-0.39, 0.29) is 11.7 Å². The molecule has 22 heavy (non-hydrogen) atoms. The van der Waals surface area contributed by atoms with E-state index < -0.39 is 0 Å². The molecular formula is C16H20N2O3S. The lowest BCUT2D eigenvalue weighted by Crippen LogP contribution is -2.16. The first-order chi connectivity index (χ1) is 10.7. The third-order valence-electron chi connectivity index (χ3n) is 3.74. The summed E-state index contributed by atoms with van der Waals surface area (Å²) in [4.78, 5) is 16.3. The maximum absolute atomic E-state index is 12.1. The van der Waals surface area contributed by atoms with Crippen molar-refractivity contribution in [3.05, 3.63) is 34.7 Å². The lowest BCUT2D eigenvalue weighted by atomic mass is 9.98. The van der Waals surface area contributed by atoms with E-state index in [2.05, 4.69) is 10.3 Å². The van der Waals surface area contributed by atoms with Gasteiger partial charge in [-0.25, -0.2) is 4.98 Å². The molecule has 1 N–H and O–H groups in total. The predicted molar refractivity (Wildman–Crippen MR) is 85.2 cm³/mol. The van der Waals surface area contributed by atoms with Crippen molar-refractivity contribution >= 4 is 22.4 Å². The van der Waals surface area contributed by atoms with Crippen molar-refractivity contribution < 1.29 is 13.9 Å². The van der Waals surface area contributed by atoms with Crippen LogP contribution < -0.4 is 5.32 Å². The van der Waals surface area contributed by atoms with Gasteiger partial charge in [-0.1, -0.05) is 19.3 Å². The summed E-state index contributed by atoms with van der Waals surface area (Å²) >= 11 is 1.40. The first kappa shape index (κ1) is 15.2. The molecule has 1 amide bonds. The number of furan rings is 1. The molecule has 0 radical (unpaired) electrons. The fourth-order valence-electron chi connectivity index (χ4n) is 2.58. The Bertz CT molecular complexity index is 629. The van der Waals surface area contributed by atoms with Gasteiger partial charge in [0.2, 0.25) is 0 Å². The van der Waals surface area contributed by atoms with Gasteiger partial charge in [-0.3, -0.25) is 10.1 Å². The van der Waals surface area contributed by atoms with Gasteiger partial charge in [0, 0.05) is 5.38 Å². The fourth-order valence-corrected chi connectivity index (χ4v) is 3.26. The molecule has 2 heterocycles. The Morgan fingerprint density at radius 2 is 2.23 bits per heavy atom. The SMILES string of the molecule is Cc1csc(NC(=O)c2ccc(COC3CCCCC3)o2)n1. The summed E-state index contributed by atoms with van der Waals surface area (Å²) in [6.45, 7) is 2.31. The Morgan fingerprint density at radius 1 is 1.41 bits per heavy atom. The largest absolute Gasteiger partial charge is 0.453 e. The van der Waals surface area contributed by atoms with Crippen molar-refractivity contribution in [1.29, 1.82) is 0 Å². The van der Waals surface area contributed by atoms with Crippen LogP contribution in [-0.4, -0.2) is 17.0 Å². The molecule has 1 saturated carbocycles. The van der Waals surface area contributed by atoms with Crippen molar-refractivity contribution in [2.75, 3.05) is 5.32 Å². The van der Waals surface area contributed by atoms with Crippen LogP contribution in [0, 0.1) is 6.92 Å². The van der Waals surface area contributed by atoms with E-state index in [1.165, 1.54) is 30.6 Å². The zero-order chi connectivity index (χ0) is 15.4. The summed E-state index contributed by atoms with van der Waals surface area (Å²) in [5, 5.41) is 5.20. The summed E-state index contributed by atoms with van der Waals surface area (Å²) < 4.78 is 11.4. The van der Waals surface area contributed by atoms with E-state index in [0.717, 1.165) is 18.5 Å². The maximum Gasteiger partial charge on any atom is 0.293 e. The van der Waals surface area contributed by atoms with Gasteiger partial charge in [0.1, 0.15) is 12.4 Å². The maximum atomic E-state index is 12.1. The third kappa shape index (κ3) is 3.96. The molecule has 3 rings (SSSR count). The van der Waals surface area contributed by atoms with Crippen LogP contribution >= 0.6 is 11.3 Å². The van der Waals surface area contributed by atoms with Crippen LogP contribution in [0.15, 0.2) is 21.9 Å². The molecule has 0 spiro atoms. The number of anilines is 1. The van der Waals surface area contributed by atoms with E-state index in [1.807, 2.05) is 12.3 Å². The fraction of sp³-hybridized carbons (Fsp3) is 0.500. The molecule has 5 nitrogen and oxygen atoms in total. The average molecular weight is 320 g/mol. The minimum atomic E-state index is -0.279. The highest BCUT2D eigenvalue weighted by Crippen LogP contribution is 2.22. The molecule has 0 atom stereocenters. The van der Waals surface area contributed by atoms with Crippen molar-refractivity contribution in [1.82, 2.24) is 4.98 Å². The Hall–Kier alpha value is -1.66. The number of aryl methyl sites for hydroxylation is 1. The molecule has 1 aliphatic rings. The Morgan fingerprint density at radius 3 is 2.95 bits per heavy atom. The Kier molecular flexibility index (Phi) is 4.90. The monoisotopic (exact) mass is 320 g/mol. The van der Waals surface area contributed by atoms with Crippen LogP contribution in [0.1, 0.15) is 54.1 Å². The lowest BCUT2D eigenvalue weighted by molar-refractivity contribution is 0.00849. The smallest absolute Gasteiger partial charge is 0.293 e. The number of ether oxygens (including phenoxy) is 1. The minimum absolute atomic E-state index is 0.279. The standard InChI is InChI=1S/C16H20N2O3S/c1-11-10-22-16(17-11)18-15(19)14-8-7-13(21-14)9-20-12-5-3-2-4-6-12/h7-8,10,12H,2-6,9H2,1H3,(H,17,18,19). The summed E-state index contributed by atoms with van der Waals surface area (Å²) in [6, 6.07) is 3.47. The van der Waals surface area contributed by atoms with Gasteiger partial charge in [-0.05, 0) is 31.9 Å². The predicted octanol–water partition coefficient (Wildman–Crippen LogP) is 4.15. The first-order valence-corrected chi connectivity index (χ1v) is 8.52. The second-order valence-electron chi connectivity index (χ2n) is 5.59. The van der Waals surface area contributed by atoms with E-state index >= 15 is 0 Å². The number of nitrogens with one attached hydrogen (secondary N) is 1. The quantitative estimate of drug-likeness (QED) is 0.899. The summed E-state index contributed by atoms with van der Waals surface area (Å²) in [6.07, 6.45) is 6.36. The molecule has 6 heteroatoms. The van der Waals surface area contributed by atoms with Gasteiger partial charge in [-0.2, -0.15) is 0 Å². The number of hydrogen-bond donors (Lipinski definition) is 1. The minimum Gasteiger partial charge on any atom is -0.453 e. The van der Waals surface area contributed by atoms with Gasteiger partial charge >= 0.3 is 0 Å². The van der Waals surface area contributed by atoms with E-state index in [4.69, 9.17) is 9.15 Å². The van der Waals surface area contributed by atoms with Crippen molar-refractivity contribution in [2.45, 2.75) is 51.7 Å². The second-order valence-corrected chi connectivity index (χ2v) is 6.44. The highest BCUT2D eigenvalue weighted by atomic mass is 32.1. The van der Waals surface area contributed by atoms with Crippen molar-refractivity contribution in [3.8, 4) is 0 Å². The van der Waals surface area contributed by atoms with Crippen LogP contribution in [0.25, 0.3) is 0 Å². The van der Waals surface area contributed by atoms with Crippen molar-refractivity contribution in [3.63, 3.8) is 0 Å². The molecular weight excluding hydrogens is 300 g/mol. The van der Waals surface area contributed by atoms with Gasteiger partial charge in [-0.15, -0.1) is 11.3 Å². The van der Waals surface area contributed by atoms with E-state index in [9.17, 15) is 4.79 Å². The number of thiazole rings is 1. The number of hydrogen-bond acceptors (Lipinski definition) is 5. The molecule has 0 bridgehead atoms. The second kappa shape index (κ2) is 7.07. The molecule has 1 aliphatic carbocycles. The van der Waals surface area contributed by atoms with E-state index in [0.29, 0.717) is 23.6 Å². The zero-order valence-corrected chi connectivity index (χ0v) is 13.4. The highest BCUT2D eigenvalue weighted by Gasteiger charge is 2.16. The first-order valence-electron chi connectivity index (χ1n) is 7.64. The molecule has 0 saturated heterocycles. The van der Waals surface area contributed by atoms with Gasteiger partial charge in [0.25, 0.3) is 5.91 Å². The van der Waals surface area contributed by atoms with E-state index in [1.54, 1.807) is 12.1 Å². The summed E-state index contributed by atoms with van der Waals surface area (Å²) in [7, 11) is 0.